The average Bonchev–Trinajstić information content (AvgIpc) is 2.99. The molecule has 2 aliphatic rings. The van der Waals surface area contributed by atoms with Gasteiger partial charge in [0.15, 0.2) is 11.4 Å². The van der Waals surface area contributed by atoms with Gasteiger partial charge in [-0.1, -0.05) is 47.6 Å². The van der Waals surface area contributed by atoms with Crippen LogP contribution in [0.1, 0.15) is 41.5 Å². The van der Waals surface area contributed by atoms with Gasteiger partial charge in [-0.15, -0.1) is 0 Å². The molecular formula is C23H32O8. The maximum Gasteiger partial charge on any atom is 0.342 e. The lowest BCUT2D eigenvalue weighted by molar-refractivity contribution is -0.344. The second kappa shape index (κ2) is 8.00. The number of ether oxygens (including phenoxy) is 5. The molecule has 1 heterocycles. The molecule has 0 N–H and O–H groups in total. The van der Waals surface area contributed by atoms with Crippen LogP contribution < -0.4 is 0 Å². The zero-order valence-electron chi connectivity index (χ0n) is 19.9. The molecule has 172 valence electrons. The van der Waals surface area contributed by atoms with Crippen molar-refractivity contribution in [2.45, 2.75) is 53.1 Å². The molecule has 1 spiro atoms. The van der Waals surface area contributed by atoms with Gasteiger partial charge in [0.1, 0.15) is 5.57 Å². The third-order valence-corrected chi connectivity index (χ3v) is 5.50. The molecule has 0 amide bonds. The Morgan fingerprint density at radius 3 is 1.68 bits per heavy atom. The summed E-state index contributed by atoms with van der Waals surface area (Å²) >= 11 is 0. The Balaban J connectivity index is 3.05. The Morgan fingerprint density at radius 2 is 1.29 bits per heavy atom. The molecule has 0 radical (unpaired) electrons. The average molecular weight is 437 g/mol. The lowest BCUT2D eigenvalue weighted by atomic mass is 9.65. The van der Waals surface area contributed by atoms with Crippen molar-refractivity contribution < 1.29 is 38.1 Å². The summed E-state index contributed by atoms with van der Waals surface area (Å²) in [6.07, 6.45) is 3.26. The van der Waals surface area contributed by atoms with Crippen molar-refractivity contribution >= 4 is 17.7 Å². The molecule has 1 aliphatic carbocycles. The van der Waals surface area contributed by atoms with Crippen molar-refractivity contribution in [2.24, 2.45) is 10.8 Å². The van der Waals surface area contributed by atoms with E-state index in [0.29, 0.717) is 5.57 Å². The van der Waals surface area contributed by atoms with E-state index in [9.17, 15) is 14.4 Å². The number of hydrogen-bond acceptors (Lipinski definition) is 8. The minimum absolute atomic E-state index is 0.319. The third-order valence-electron chi connectivity index (χ3n) is 5.50. The van der Waals surface area contributed by atoms with E-state index in [1.54, 1.807) is 0 Å². The highest BCUT2D eigenvalue weighted by Crippen LogP contribution is 2.55. The van der Waals surface area contributed by atoms with Crippen LogP contribution in [0, 0.1) is 10.8 Å². The van der Waals surface area contributed by atoms with E-state index < -0.39 is 34.7 Å². The van der Waals surface area contributed by atoms with E-state index >= 15 is 0 Å². The van der Waals surface area contributed by atoms with Gasteiger partial charge < -0.3 is 18.9 Å². The van der Waals surface area contributed by atoms with Gasteiger partial charge in [-0.05, 0) is 28.1 Å². The first kappa shape index (κ1) is 25.0. The largest absolute Gasteiger partial charge is 0.466 e. The summed E-state index contributed by atoms with van der Waals surface area (Å²) in [6, 6.07) is 0. The number of hydrogen-bond donors (Lipinski definition) is 0. The maximum absolute atomic E-state index is 13.8. The highest BCUT2D eigenvalue weighted by Gasteiger charge is 2.68. The van der Waals surface area contributed by atoms with E-state index in [2.05, 4.69) is 0 Å². The van der Waals surface area contributed by atoms with Crippen LogP contribution in [-0.2, 0) is 38.1 Å². The van der Waals surface area contributed by atoms with E-state index in [0.717, 1.165) is 19.8 Å². The van der Waals surface area contributed by atoms with Crippen LogP contribution in [0.25, 0.3) is 0 Å². The van der Waals surface area contributed by atoms with E-state index in [1.165, 1.54) is 20.3 Å². The summed E-state index contributed by atoms with van der Waals surface area (Å²) in [7, 11) is 4.78. The molecule has 1 atom stereocenters. The van der Waals surface area contributed by atoms with Crippen molar-refractivity contribution in [1.82, 2.24) is 0 Å². The first-order chi connectivity index (χ1) is 14.2. The molecule has 31 heavy (non-hydrogen) atoms. The highest BCUT2D eigenvalue weighted by atomic mass is 16.9. The van der Waals surface area contributed by atoms with Crippen LogP contribution in [0.3, 0.4) is 0 Å². The summed E-state index contributed by atoms with van der Waals surface area (Å²) in [5.74, 6) is -4.55. The van der Waals surface area contributed by atoms with Gasteiger partial charge in [0.25, 0.3) is 0 Å². The fraction of sp³-hybridized carbons (Fsp3) is 0.609. The van der Waals surface area contributed by atoms with Gasteiger partial charge in [-0.2, -0.15) is 0 Å². The number of carbonyl (C=O) groups excluding carboxylic acids is 3. The Hall–Kier alpha value is -2.29. The highest BCUT2D eigenvalue weighted by molar-refractivity contribution is 6.16. The number of methoxy groups -OCH3 is 4. The van der Waals surface area contributed by atoms with Gasteiger partial charge in [-0.3, -0.25) is 9.53 Å². The van der Waals surface area contributed by atoms with Gasteiger partial charge in [0, 0.05) is 14.2 Å². The topological polar surface area (TPSA) is 97.4 Å². The quantitative estimate of drug-likeness (QED) is 0.490. The summed E-state index contributed by atoms with van der Waals surface area (Å²) in [6.45, 7) is 11.6. The van der Waals surface area contributed by atoms with E-state index in [1.807, 2.05) is 47.6 Å². The first-order valence-electron chi connectivity index (χ1n) is 9.87. The molecule has 0 aromatic heterocycles. The molecule has 0 aromatic rings. The van der Waals surface area contributed by atoms with Crippen LogP contribution in [0.15, 0.2) is 34.4 Å². The van der Waals surface area contributed by atoms with Crippen LogP contribution >= 0.6 is 0 Å². The Bertz CT molecular complexity index is 888. The van der Waals surface area contributed by atoms with Crippen molar-refractivity contribution in [1.29, 1.82) is 0 Å². The number of ketones is 1. The molecule has 0 saturated carbocycles. The van der Waals surface area contributed by atoms with Crippen molar-refractivity contribution in [2.75, 3.05) is 28.4 Å². The second-order valence-corrected chi connectivity index (χ2v) is 9.50. The lowest BCUT2D eigenvalue weighted by Crippen LogP contribution is -2.52. The lowest BCUT2D eigenvalue weighted by Gasteiger charge is -2.42. The van der Waals surface area contributed by atoms with Crippen LogP contribution in [0.2, 0.25) is 0 Å². The Labute approximate surface area is 183 Å². The molecule has 0 bridgehead atoms. The predicted molar refractivity (Wildman–Crippen MR) is 112 cm³/mol. The number of esters is 2. The molecular weight excluding hydrogens is 404 g/mol. The molecule has 8 nitrogen and oxygen atoms in total. The fourth-order valence-corrected chi connectivity index (χ4v) is 3.90. The summed E-state index contributed by atoms with van der Waals surface area (Å²) < 4.78 is 26.9. The molecule has 1 aliphatic heterocycles. The van der Waals surface area contributed by atoms with Crippen molar-refractivity contribution in [3.05, 3.63) is 34.4 Å². The summed E-state index contributed by atoms with van der Waals surface area (Å²) in [5, 5.41) is 0. The Kier molecular flexibility index (Phi) is 6.45. The van der Waals surface area contributed by atoms with Crippen LogP contribution in [-0.4, -0.2) is 57.7 Å². The molecule has 2 rings (SSSR count). The molecule has 0 saturated heterocycles. The normalized spacial score (nSPS) is 23.6. The van der Waals surface area contributed by atoms with Gasteiger partial charge in [0.2, 0.25) is 0 Å². The zero-order chi connectivity index (χ0) is 24.0. The SMILES string of the molecule is COC(=O)C1=C(C(=O)OC)C2(OC1(OC)OC)C(=O)C=C(C(C)(C)C)C=C2C(C)(C)C. The summed E-state index contributed by atoms with van der Waals surface area (Å²) in [5.41, 5.74) is -2.47. The fourth-order valence-electron chi connectivity index (χ4n) is 3.90. The van der Waals surface area contributed by atoms with Crippen LogP contribution in [0.4, 0.5) is 0 Å². The van der Waals surface area contributed by atoms with E-state index in [4.69, 9.17) is 23.7 Å². The summed E-state index contributed by atoms with van der Waals surface area (Å²) in [4.78, 5) is 39.7. The van der Waals surface area contributed by atoms with Crippen molar-refractivity contribution in [3.63, 3.8) is 0 Å². The molecule has 8 heteroatoms. The first-order valence-corrected chi connectivity index (χ1v) is 9.87. The van der Waals surface area contributed by atoms with E-state index in [-0.39, 0.29) is 16.6 Å². The zero-order valence-corrected chi connectivity index (χ0v) is 19.9. The van der Waals surface area contributed by atoms with Gasteiger partial charge in [-0.25, -0.2) is 9.59 Å². The molecule has 1 unspecified atom stereocenters. The minimum atomic E-state index is -2.15. The minimum Gasteiger partial charge on any atom is -0.466 e. The standard InChI is InChI=1S/C23H32O8/c1-20(2,3)13-11-14(21(4,5)6)22(15(24)12-13)16(18(25)27-7)17(19(26)28-8)23(29-9,30-10)31-22/h11-12H,1-10H3. The monoisotopic (exact) mass is 436 g/mol. The number of allylic oxidation sites excluding steroid dienone is 2. The number of rotatable bonds is 4. The smallest absolute Gasteiger partial charge is 0.342 e. The van der Waals surface area contributed by atoms with Crippen LogP contribution in [0.5, 0.6) is 0 Å². The molecule has 0 aromatic carbocycles. The maximum atomic E-state index is 13.8. The predicted octanol–water partition coefficient (Wildman–Crippen LogP) is 2.87. The second-order valence-electron chi connectivity index (χ2n) is 9.50. The van der Waals surface area contributed by atoms with Gasteiger partial charge in [0.05, 0.1) is 19.8 Å². The van der Waals surface area contributed by atoms with Gasteiger partial charge >= 0.3 is 17.9 Å². The third kappa shape index (κ3) is 3.77. The van der Waals surface area contributed by atoms with Crippen molar-refractivity contribution in [3.8, 4) is 0 Å². The Morgan fingerprint density at radius 1 is 0.806 bits per heavy atom. The molecule has 0 fully saturated rings. The number of carbonyl (C=O) groups is 3.